The van der Waals surface area contributed by atoms with E-state index in [1.165, 1.54) is 12.1 Å². The fraction of sp³-hybridized carbons (Fsp3) is 0.188. The van der Waals surface area contributed by atoms with Gasteiger partial charge in [-0.25, -0.2) is 0 Å². The van der Waals surface area contributed by atoms with Gasteiger partial charge in [0.2, 0.25) is 0 Å². The average molecular weight is 320 g/mol. The summed E-state index contributed by atoms with van der Waals surface area (Å²) in [6.45, 7) is 1.56. The molecule has 0 aliphatic carbocycles. The second kappa shape index (κ2) is 6.62. The van der Waals surface area contributed by atoms with Crippen LogP contribution >= 0.6 is 0 Å². The highest BCUT2D eigenvalue weighted by Crippen LogP contribution is 2.21. The maximum atomic E-state index is 12.0. The lowest BCUT2D eigenvalue weighted by Crippen LogP contribution is -2.12. The van der Waals surface area contributed by atoms with Gasteiger partial charge < -0.3 is 9.29 Å². The van der Waals surface area contributed by atoms with Crippen LogP contribution in [-0.4, -0.2) is 19.5 Å². The summed E-state index contributed by atoms with van der Waals surface area (Å²) in [5.41, 5.74) is 1.22. The Bertz CT molecular complexity index is 736. The third-order valence-corrected chi connectivity index (χ3v) is 4.29. The fourth-order valence-corrected chi connectivity index (χ4v) is 2.97. The first-order valence-corrected chi connectivity index (χ1v) is 8.24. The summed E-state index contributed by atoms with van der Waals surface area (Å²) in [6, 6.07) is 14.7. The standard InChI is InChI=1S/C16H16O5S/c1-12(16(17)18)14-7-9-15(10-8-14)21-22(19,20)11-13-5-3-2-4-6-13/h2-10,12H,11H2,1H3,(H,17,18). The topological polar surface area (TPSA) is 80.7 Å². The summed E-state index contributed by atoms with van der Waals surface area (Å²) in [4.78, 5) is 10.9. The van der Waals surface area contributed by atoms with E-state index in [-0.39, 0.29) is 11.5 Å². The van der Waals surface area contributed by atoms with Crippen LogP contribution in [0, 0.1) is 0 Å². The van der Waals surface area contributed by atoms with Crippen molar-refractivity contribution >= 4 is 16.1 Å². The normalized spacial score (nSPS) is 12.6. The lowest BCUT2D eigenvalue weighted by Gasteiger charge is -2.09. The van der Waals surface area contributed by atoms with Crippen molar-refractivity contribution in [2.45, 2.75) is 18.6 Å². The predicted molar refractivity (Wildman–Crippen MR) is 82.2 cm³/mol. The highest BCUT2D eigenvalue weighted by molar-refractivity contribution is 7.86. The number of carboxylic acid groups (broad SMARTS) is 1. The van der Waals surface area contributed by atoms with Crippen LogP contribution in [0.2, 0.25) is 0 Å². The van der Waals surface area contributed by atoms with E-state index in [0.717, 1.165) is 0 Å². The second-order valence-corrected chi connectivity index (χ2v) is 6.47. The number of rotatable bonds is 6. The summed E-state index contributed by atoms with van der Waals surface area (Å²) < 4.78 is 29.0. The summed E-state index contributed by atoms with van der Waals surface area (Å²) in [5.74, 6) is -1.65. The molecular formula is C16H16O5S. The van der Waals surface area contributed by atoms with Crippen molar-refractivity contribution in [3.05, 3.63) is 65.7 Å². The molecule has 0 saturated heterocycles. The largest absolute Gasteiger partial charge is 0.481 e. The molecule has 0 saturated carbocycles. The maximum absolute atomic E-state index is 12.0. The van der Waals surface area contributed by atoms with Crippen LogP contribution in [0.3, 0.4) is 0 Å². The van der Waals surface area contributed by atoms with E-state index < -0.39 is 22.0 Å². The molecule has 0 aliphatic rings. The minimum Gasteiger partial charge on any atom is -0.481 e. The Morgan fingerprint density at radius 2 is 1.68 bits per heavy atom. The Morgan fingerprint density at radius 3 is 2.23 bits per heavy atom. The van der Waals surface area contributed by atoms with Crippen molar-refractivity contribution in [2.75, 3.05) is 0 Å². The molecule has 0 heterocycles. The highest BCUT2D eigenvalue weighted by Gasteiger charge is 2.16. The molecule has 2 rings (SSSR count). The summed E-state index contributed by atoms with van der Waals surface area (Å²) >= 11 is 0. The molecule has 0 spiro atoms. The first-order valence-electron chi connectivity index (χ1n) is 6.66. The van der Waals surface area contributed by atoms with Crippen molar-refractivity contribution in [2.24, 2.45) is 0 Å². The van der Waals surface area contributed by atoms with Gasteiger partial charge in [0.25, 0.3) is 0 Å². The molecule has 22 heavy (non-hydrogen) atoms. The van der Waals surface area contributed by atoms with E-state index >= 15 is 0 Å². The predicted octanol–water partition coefficient (Wildman–Crippen LogP) is 2.78. The van der Waals surface area contributed by atoms with Crippen molar-refractivity contribution in [3.8, 4) is 5.75 Å². The molecular weight excluding hydrogens is 304 g/mol. The van der Waals surface area contributed by atoms with E-state index in [4.69, 9.17) is 9.29 Å². The monoisotopic (exact) mass is 320 g/mol. The fourth-order valence-electron chi connectivity index (χ4n) is 1.91. The molecule has 1 unspecified atom stereocenters. The summed E-state index contributed by atoms with van der Waals surface area (Å²) in [5, 5.41) is 8.93. The molecule has 2 aromatic carbocycles. The number of aliphatic carboxylic acids is 1. The van der Waals surface area contributed by atoms with E-state index in [9.17, 15) is 13.2 Å². The van der Waals surface area contributed by atoms with Gasteiger partial charge in [0.1, 0.15) is 11.5 Å². The van der Waals surface area contributed by atoms with Crippen LogP contribution in [0.1, 0.15) is 24.0 Å². The van der Waals surface area contributed by atoms with Gasteiger partial charge in [0.05, 0.1) is 5.92 Å². The molecule has 0 bridgehead atoms. The number of carbonyl (C=O) groups is 1. The minimum atomic E-state index is -3.75. The number of benzene rings is 2. The SMILES string of the molecule is CC(C(=O)O)c1ccc(OS(=O)(=O)Cc2ccccc2)cc1. The molecule has 6 heteroatoms. The van der Waals surface area contributed by atoms with Gasteiger partial charge in [-0.05, 0) is 30.2 Å². The van der Waals surface area contributed by atoms with Crippen molar-refractivity contribution in [3.63, 3.8) is 0 Å². The first-order chi connectivity index (χ1) is 10.4. The van der Waals surface area contributed by atoms with Crippen LogP contribution in [-0.2, 0) is 20.7 Å². The zero-order chi connectivity index (χ0) is 16.2. The minimum absolute atomic E-state index is 0.164. The third-order valence-electron chi connectivity index (χ3n) is 3.16. The molecule has 0 aromatic heterocycles. The number of hydrogen-bond acceptors (Lipinski definition) is 4. The lowest BCUT2D eigenvalue weighted by molar-refractivity contribution is -0.138. The molecule has 2 aromatic rings. The molecule has 0 fully saturated rings. The highest BCUT2D eigenvalue weighted by atomic mass is 32.2. The second-order valence-electron chi connectivity index (χ2n) is 4.90. The smallest absolute Gasteiger partial charge is 0.313 e. The Morgan fingerprint density at radius 1 is 1.09 bits per heavy atom. The lowest BCUT2D eigenvalue weighted by atomic mass is 10.0. The quantitative estimate of drug-likeness (QED) is 0.828. The number of hydrogen-bond donors (Lipinski definition) is 1. The van der Waals surface area contributed by atoms with Crippen molar-refractivity contribution in [1.29, 1.82) is 0 Å². The maximum Gasteiger partial charge on any atom is 0.313 e. The molecule has 0 aliphatic heterocycles. The first kappa shape index (κ1) is 16.0. The summed E-state index contributed by atoms with van der Waals surface area (Å²) in [6.07, 6.45) is 0. The molecule has 1 N–H and O–H groups in total. The van der Waals surface area contributed by atoms with E-state index in [2.05, 4.69) is 0 Å². The third kappa shape index (κ3) is 4.33. The Labute approximate surface area is 129 Å². The zero-order valence-electron chi connectivity index (χ0n) is 12.0. The van der Waals surface area contributed by atoms with Crippen LogP contribution in [0.25, 0.3) is 0 Å². The van der Waals surface area contributed by atoms with Gasteiger partial charge in [-0.15, -0.1) is 0 Å². The average Bonchev–Trinajstić information content (AvgIpc) is 2.47. The Hall–Kier alpha value is -2.34. The van der Waals surface area contributed by atoms with Gasteiger partial charge in [-0.2, -0.15) is 8.42 Å². The molecule has 5 nitrogen and oxygen atoms in total. The van der Waals surface area contributed by atoms with Crippen LogP contribution in [0.4, 0.5) is 0 Å². The van der Waals surface area contributed by atoms with Crippen molar-refractivity contribution in [1.82, 2.24) is 0 Å². The van der Waals surface area contributed by atoms with Crippen LogP contribution in [0.15, 0.2) is 54.6 Å². The zero-order valence-corrected chi connectivity index (χ0v) is 12.8. The van der Waals surface area contributed by atoms with Gasteiger partial charge >= 0.3 is 16.1 Å². The van der Waals surface area contributed by atoms with Crippen LogP contribution in [0.5, 0.6) is 5.75 Å². The molecule has 116 valence electrons. The molecule has 0 amide bonds. The van der Waals surface area contributed by atoms with Gasteiger partial charge in [0, 0.05) is 0 Å². The Balaban J connectivity index is 2.08. The van der Waals surface area contributed by atoms with E-state index in [0.29, 0.717) is 11.1 Å². The van der Waals surface area contributed by atoms with E-state index in [1.807, 2.05) is 0 Å². The van der Waals surface area contributed by atoms with E-state index in [1.54, 1.807) is 49.4 Å². The Kier molecular flexibility index (Phi) is 4.82. The summed E-state index contributed by atoms with van der Waals surface area (Å²) in [7, 11) is -3.75. The van der Waals surface area contributed by atoms with Gasteiger partial charge in [-0.1, -0.05) is 42.5 Å². The van der Waals surface area contributed by atoms with Crippen molar-refractivity contribution < 1.29 is 22.5 Å². The molecule has 0 radical (unpaired) electrons. The van der Waals surface area contributed by atoms with Gasteiger partial charge in [0.15, 0.2) is 0 Å². The van der Waals surface area contributed by atoms with Gasteiger partial charge in [-0.3, -0.25) is 4.79 Å². The number of carboxylic acids is 1. The van der Waals surface area contributed by atoms with Crippen LogP contribution < -0.4 is 4.18 Å². The molecule has 1 atom stereocenters.